The Morgan fingerprint density at radius 3 is 2.61 bits per heavy atom. The summed E-state index contributed by atoms with van der Waals surface area (Å²) in [6, 6.07) is 6.20. The normalized spacial score (nSPS) is 12.8. The highest BCUT2D eigenvalue weighted by Gasteiger charge is 2.29. The van der Waals surface area contributed by atoms with Crippen molar-refractivity contribution in [2.24, 2.45) is 0 Å². The van der Waals surface area contributed by atoms with E-state index < -0.39 is 41.0 Å². The fourth-order valence-electron chi connectivity index (χ4n) is 3.77. The summed E-state index contributed by atoms with van der Waals surface area (Å²) < 4.78 is 20.6. The monoisotopic (exact) mass is 512 g/mol. The first-order valence-corrected chi connectivity index (χ1v) is 12.3. The lowest BCUT2D eigenvalue weighted by Gasteiger charge is -2.20. The second kappa shape index (κ2) is 10.1. The molecule has 0 atom stereocenters. The molecule has 4 rings (SSSR count). The Morgan fingerprint density at radius 1 is 1.19 bits per heavy atom. The molecule has 11 heteroatoms. The van der Waals surface area contributed by atoms with Crippen LogP contribution in [0, 0.1) is 5.82 Å². The Labute approximate surface area is 210 Å². The summed E-state index contributed by atoms with van der Waals surface area (Å²) in [5.41, 5.74) is 0.250. The average Bonchev–Trinajstić information content (AvgIpc) is 3.31. The smallest absolute Gasteiger partial charge is 0.325 e. The van der Waals surface area contributed by atoms with Crippen LogP contribution < -0.4 is 10.9 Å². The number of aromatic hydroxyl groups is 1. The lowest BCUT2D eigenvalue weighted by atomic mass is 10.1. The number of carbonyl (C=O) groups is 2. The van der Waals surface area contributed by atoms with Crippen LogP contribution in [-0.2, 0) is 27.6 Å². The Morgan fingerprint density at radius 2 is 1.94 bits per heavy atom. The molecule has 1 aliphatic heterocycles. The minimum atomic E-state index is -0.877. The van der Waals surface area contributed by atoms with Crippen molar-refractivity contribution in [1.29, 1.82) is 0 Å². The molecular formula is C25H25FN4O5S. The van der Waals surface area contributed by atoms with Crippen LogP contribution in [0.25, 0.3) is 11.3 Å². The highest BCUT2D eigenvalue weighted by molar-refractivity contribution is 7.98. The van der Waals surface area contributed by atoms with Crippen molar-refractivity contribution in [3.05, 3.63) is 75.3 Å². The number of carbonyl (C=O) groups excluding carboxylic acids is 2. The number of amides is 1. The van der Waals surface area contributed by atoms with Crippen molar-refractivity contribution >= 4 is 23.6 Å². The molecule has 0 spiro atoms. The minimum Gasteiger partial charge on any atom is -0.507 e. The number of hydrogen-bond acceptors (Lipinski definition) is 8. The first-order chi connectivity index (χ1) is 17.0. The van der Waals surface area contributed by atoms with Gasteiger partial charge in [-0.3, -0.25) is 24.4 Å². The van der Waals surface area contributed by atoms with E-state index >= 15 is 0 Å². The number of halogens is 1. The number of nitrogens with one attached hydrogen (secondary N) is 1. The quantitative estimate of drug-likeness (QED) is 0.483. The van der Waals surface area contributed by atoms with Crippen LogP contribution in [0.2, 0.25) is 0 Å². The number of hydrogen-bond donors (Lipinski definition) is 2. The predicted octanol–water partition coefficient (Wildman–Crippen LogP) is 3.02. The van der Waals surface area contributed by atoms with E-state index in [0.717, 1.165) is 0 Å². The molecule has 2 aromatic heterocycles. The fraction of sp³-hybridized carbons (Fsp3) is 0.320. The van der Waals surface area contributed by atoms with Gasteiger partial charge in [-0.25, -0.2) is 4.39 Å². The predicted molar refractivity (Wildman–Crippen MR) is 132 cm³/mol. The summed E-state index contributed by atoms with van der Waals surface area (Å²) in [7, 11) is 0. The minimum absolute atomic E-state index is 0.00109. The maximum Gasteiger partial charge on any atom is 0.325 e. The van der Waals surface area contributed by atoms with Gasteiger partial charge < -0.3 is 19.7 Å². The van der Waals surface area contributed by atoms with Crippen LogP contribution in [0.5, 0.6) is 5.75 Å². The molecule has 1 aliphatic rings. The second-order valence-electron chi connectivity index (χ2n) is 9.17. The fourth-order valence-corrected chi connectivity index (χ4v) is 4.91. The molecule has 9 nitrogen and oxygen atoms in total. The van der Waals surface area contributed by atoms with Crippen LogP contribution in [0.4, 0.5) is 4.39 Å². The van der Waals surface area contributed by atoms with Gasteiger partial charge in [-0.05, 0) is 32.9 Å². The summed E-state index contributed by atoms with van der Waals surface area (Å²) in [5, 5.41) is 13.1. The third-order valence-electron chi connectivity index (χ3n) is 5.36. The van der Waals surface area contributed by atoms with Gasteiger partial charge in [0.1, 0.15) is 29.3 Å². The van der Waals surface area contributed by atoms with E-state index in [0.29, 0.717) is 39.7 Å². The van der Waals surface area contributed by atoms with Gasteiger partial charge in [0, 0.05) is 28.3 Å². The highest BCUT2D eigenvalue weighted by Crippen LogP contribution is 2.36. The SMILES string of the molecule is CC(C)(C)OC(=O)CNC(=O)c1c(O)c2c(n(Cc3cnc(-c4ccccc4F)cn3)c1=O)CSC2. The van der Waals surface area contributed by atoms with E-state index in [4.69, 9.17) is 4.74 Å². The van der Waals surface area contributed by atoms with Crippen molar-refractivity contribution in [3.8, 4) is 17.0 Å². The average molecular weight is 513 g/mol. The Balaban J connectivity index is 1.61. The van der Waals surface area contributed by atoms with Crippen molar-refractivity contribution < 1.29 is 23.8 Å². The van der Waals surface area contributed by atoms with Crippen molar-refractivity contribution in [2.75, 3.05) is 6.54 Å². The van der Waals surface area contributed by atoms with Crippen molar-refractivity contribution in [2.45, 2.75) is 44.4 Å². The molecule has 3 heterocycles. The van der Waals surface area contributed by atoms with Gasteiger partial charge in [-0.2, -0.15) is 11.8 Å². The van der Waals surface area contributed by atoms with E-state index in [1.807, 2.05) is 0 Å². The standard InChI is InChI=1S/C25H25FN4O5S/c1-25(2,3)35-20(31)10-29-23(33)21-22(32)16-12-36-13-19(16)30(24(21)34)11-14-8-28-18(9-27-14)15-6-4-5-7-17(15)26/h4-9,32H,10-13H2,1-3H3,(H,29,33). The number of benzene rings is 1. The maximum absolute atomic E-state index is 14.1. The summed E-state index contributed by atoms with van der Waals surface area (Å²) in [5.74, 6) is -1.47. The maximum atomic E-state index is 14.1. The van der Waals surface area contributed by atoms with Gasteiger partial charge in [0.05, 0.1) is 30.3 Å². The van der Waals surface area contributed by atoms with Gasteiger partial charge in [-0.1, -0.05) is 12.1 Å². The third kappa shape index (κ3) is 5.40. The van der Waals surface area contributed by atoms with Gasteiger partial charge in [0.25, 0.3) is 11.5 Å². The van der Waals surface area contributed by atoms with Crippen molar-refractivity contribution in [3.63, 3.8) is 0 Å². The molecule has 3 aromatic rings. The molecule has 0 aliphatic carbocycles. The molecule has 0 bridgehead atoms. The molecule has 1 aromatic carbocycles. The van der Waals surface area contributed by atoms with Gasteiger partial charge >= 0.3 is 5.97 Å². The number of aromatic nitrogens is 3. The summed E-state index contributed by atoms with van der Waals surface area (Å²) >= 11 is 1.49. The number of fused-ring (bicyclic) bond motifs is 1. The van der Waals surface area contributed by atoms with E-state index in [1.54, 1.807) is 39.0 Å². The van der Waals surface area contributed by atoms with Gasteiger partial charge in [-0.15, -0.1) is 0 Å². The zero-order valence-electron chi connectivity index (χ0n) is 20.0. The summed E-state index contributed by atoms with van der Waals surface area (Å²) in [6.07, 6.45) is 2.86. The Hall–Kier alpha value is -3.73. The van der Waals surface area contributed by atoms with Crippen molar-refractivity contribution in [1.82, 2.24) is 19.9 Å². The first-order valence-electron chi connectivity index (χ1n) is 11.2. The van der Waals surface area contributed by atoms with Crippen LogP contribution >= 0.6 is 11.8 Å². The number of ether oxygens (including phenoxy) is 1. The molecule has 0 radical (unpaired) electrons. The molecule has 0 saturated heterocycles. The molecule has 0 saturated carbocycles. The molecule has 36 heavy (non-hydrogen) atoms. The molecule has 1 amide bonds. The number of thioether (sulfide) groups is 1. The number of pyridine rings is 1. The van der Waals surface area contributed by atoms with Gasteiger partial charge in [0.2, 0.25) is 0 Å². The van der Waals surface area contributed by atoms with Crippen LogP contribution in [-0.4, -0.2) is 43.7 Å². The van der Waals surface area contributed by atoms with E-state index in [1.165, 1.54) is 34.8 Å². The third-order valence-corrected chi connectivity index (χ3v) is 6.33. The van der Waals surface area contributed by atoms with E-state index in [9.17, 15) is 23.9 Å². The zero-order valence-corrected chi connectivity index (χ0v) is 20.8. The largest absolute Gasteiger partial charge is 0.507 e. The van der Waals surface area contributed by atoms with E-state index in [2.05, 4.69) is 15.3 Å². The number of esters is 1. The summed E-state index contributed by atoms with van der Waals surface area (Å²) in [4.78, 5) is 46.7. The molecule has 0 fully saturated rings. The number of nitrogens with zero attached hydrogens (tertiary/aromatic N) is 3. The molecular weight excluding hydrogens is 487 g/mol. The lowest BCUT2D eigenvalue weighted by molar-refractivity contribution is -0.153. The molecule has 188 valence electrons. The van der Waals surface area contributed by atoms with E-state index in [-0.39, 0.29) is 12.3 Å². The topological polar surface area (TPSA) is 123 Å². The second-order valence-corrected chi connectivity index (χ2v) is 10.2. The number of rotatable bonds is 6. The van der Waals surface area contributed by atoms with Crippen LogP contribution in [0.1, 0.15) is 48.1 Å². The molecule has 0 unspecified atom stereocenters. The summed E-state index contributed by atoms with van der Waals surface area (Å²) in [6.45, 7) is 4.63. The Kier molecular flexibility index (Phi) is 7.11. The first kappa shape index (κ1) is 25.4. The van der Waals surface area contributed by atoms with Gasteiger partial charge in [0.15, 0.2) is 0 Å². The highest BCUT2D eigenvalue weighted by atomic mass is 32.2. The zero-order chi connectivity index (χ0) is 26.0. The van der Waals surface area contributed by atoms with Crippen LogP contribution in [0.15, 0.2) is 41.5 Å². The lowest BCUT2D eigenvalue weighted by Crippen LogP contribution is -2.39. The Bertz CT molecular complexity index is 1380. The van der Waals surface area contributed by atoms with Crippen LogP contribution in [0.3, 0.4) is 0 Å². The molecule has 2 N–H and O–H groups in total.